The molecule has 0 saturated carbocycles. The van der Waals surface area contributed by atoms with E-state index < -0.39 is 0 Å². The summed E-state index contributed by atoms with van der Waals surface area (Å²) >= 11 is 0. The molecular formula is C9H11N5. The number of anilines is 1. The van der Waals surface area contributed by atoms with Crippen LogP contribution in [0.2, 0.25) is 0 Å². The lowest BCUT2D eigenvalue weighted by atomic mass is 10.1. The highest BCUT2D eigenvalue weighted by Crippen LogP contribution is 2.27. The lowest BCUT2D eigenvalue weighted by molar-refractivity contribution is 0.927. The average Bonchev–Trinajstić information content (AvgIpc) is 2.27. The van der Waals surface area contributed by atoms with Gasteiger partial charge in [-0.05, 0) is 6.72 Å². The van der Waals surface area contributed by atoms with Crippen LogP contribution in [0, 0.1) is 0 Å². The Labute approximate surface area is 82.0 Å². The number of aromatic nitrogens is 2. The van der Waals surface area contributed by atoms with Crippen molar-refractivity contribution in [2.45, 2.75) is 0 Å². The van der Waals surface area contributed by atoms with Crippen molar-refractivity contribution >= 4 is 18.2 Å². The van der Waals surface area contributed by atoms with Crippen LogP contribution in [0.5, 0.6) is 0 Å². The Morgan fingerprint density at radius 3 is 3.21 bits per heavy atom. The van der Waals surface area contributed by atoms with Gasteiger partial charge >= 0.3 is 0 Å². The number of rotatable bonds is 2. The van der Waals surface area contributed by atoms with Gasteiger partial charge in [0.05, 0.1) is 23.5 Å². The molecule has 5 heteroatoms. The highest BCUT2D eigenvalue weighted by atomic mass is 15.1. The Morgan fingerprint density at radius 1 is 1.64 bits per heavy atom. The number of nitrogens with one attached hydrogen (secondary N) is 2. The van der Waals surface area contributed by atoms with Crippen LogP contribution >= 0.6 is 0 Å². The molecule has 0 unspecified atom stereocenters. The molecule has 0 atom stereocenters. The van der Waals surface area contributed by atoms with Gasteiger partial charge in [-0.3, -0.25) is 4.99 Å². The number of aliphatic imine (C=N–C) groups is 1. The van der Waals surface area contributed by atoms with Crippen molar-refractivity contribution in [1.29, 1.82) is 0 Å². The monoisotopic (exact) mass is 189 g/mol. The molecule has 0 amide bonds. The van der Waals surface area contributed by atoms with Crippen LogP contribution in [0.15, 0.2) is 23.2 Å². The van der Waals surface area contributed by atoms with Gasteiger partial charge in [0.25, 0.3) is 0 Å². The predicted molar refractivity (Wildman–Crippen MR) is 56.1 cm³/mol. The van der Waals surface area contributed by atoms with Crippen LogP contribution in [-0.2, 0) is 0 Å². The first-order valence-corrected chi connectivity index (χ1v) is 4.28. The van der Waals surface area contributed by atoms with Crippen LogP contribution in [0.25, 0.3) is 5.70 Å². The van der Waals surface area contributed by atoms with Gasteiger partial charge in [-0.2, -0.15) is 0 Å². The molecule has 0 spiro atoms. The fraction of sp³-hybridized carbons (Fsp3) is 0.222. The Balaban J connectivity index is 2.57. The highest BCUT2D eigenvalue weighted by molar-refractivity contribution is 5.79. The van der Waals surface area contributed by atoms with Crippen LogP contribution < -0.4 is 10.6 Å². The normalized spacial score (nSPS) is 14.4. The molecule has 0 saturated heterocycles. The molecule has 0 aromatic carbocycles. The van der Waals surface area contributed by atoms with E-state index in [0.29, 0.717) is 6.54 Å². The zero-order valence-corrected chi connectivity index (χ0v) is 7.91. The number of hydrogen-bond donors (Lipinski definition) is 2. The molecule has 2 rings (SSSR count). The third-order valence-electron chi connectivity index (χ3n) is 2.15. The second-order valence-electron chi connectivity index (χ2n) is 2.87. The smallest absolute Gasteiger partial charge is 0.139 e. The summed E-state index contributed by atoms with van der Waals surface area (Å²) in [5.41, 5.74) is 2.71. The molecule has 1 aromatic rings. The first-order valence-electron chi connectivity index (χ1n) is 4.28. The topological polar surface area (TPSA) is 62.2 Å². The molecule has 2 N–H and O–H groups in total. The van der Waals surface area contributed by atoms with Crippen molar-refractivity contribution < 1.29 is 0 Å². The van der Waals surface area contributed by atoms with Gasteiger partial charge in [-0.15, -0.1) is 0 Å². The lowest BCUT2D eigenvalue weighted by Crippen LogP contribution is -2.22. The predicted octanol–water partition coefficient (Wildman–Crippen LogP) is 0.491. The molecule has 14 heavy (non-hydrogen) atoms. The van der Waals surface area contributed by atoms with Crippen LogP contribution in [0.1, 0.15) is 5.56 Å². The molecule has 0 fully saturated rings. The second-order valence-corrected chi connectivity index (χ2v) is 2.87. The summed E-state index contributed by atoms with van der Waals surface area (Å²) in [6.45, 7) is 4.24. The molecule has 72 valence electrons. The summed E-state index contributed by atoms with van der Waals surface area (Å²) in [4.78, 5) is 12.1. The van der Waals surface area contributed by atoms with Crippen molar-refractivity contribution in [2.75, 3.05) is 18.9 Å². The summed E-state index contributed by atoms with van der Waals surface area (Å²) < 4.78 is 0. The van der Waals surface area contributed by atoms with Crippen molar-refractivity contribution in [1.82, 2.24) is 15.3 Å². The molecule has 5 nitrogen and oxygen atoms in total. The largest absolute Gasteiger partial charge is 0.388 e. The van der Waals surface area contributed by atoms with Crippen LogP contribution in [0.4, 0.5) is 5.82 Å². The minimum atomic E-state index is 0.689. The van der Waals surface area contributed by atoms with Crippen molar-refractivity contribution in [3.63, 3.8) is 0 Å². The molecule has 2 heterocycles. The maximum absolute atomic E-state index is 4.11. The standard InChI is InChI=1S/C9H11N5/c1-10-7-4-13-9-6(8(7)11-2)3-12-5-14-9/h3,5,10H,2,4H2,1H3,(H,12,13,14). The Bertz CT molecular complexity index is 396. The van der Waals surface area contributed by atoms with E-state index in [2.05, 4.69) is 32.3 Å². The molecule has 1 aliphatic rings. The fourth-order valence-corrected chi connectivity index (χ4v) is 1.45. The van der Waals surface area contributed by atoms with Gasteiger partial charge in [0.15, 0.2) is 0 Å². The van der Waals surface area contributed by atoms with E-state index in [-0.39, 0.29) is 0 Å². The molecule has 1 aromatic heterocycles. The van der Waals surface area contributed by atoms with Crippen molar-refractivity contribution in [2.24, 2.45) is 4.99 Å². The quantitative estimate of drug-likeness (QED) is 0.665. The van der Waals surface area contributed by atoms with E-state index in [4.69, 9.17) is 0 Å². The van der Waals surface area contributed by atoms with Crippen molar-refractivity contribution in [3.8, 4) is 0 Å². The van der Waals surface area contributed by atoms with E-state index in [1.54, 1.807) is 6.20 Å². The highest BCUT2D eigenvalue weighted by Gasteiger charge is 2.17. The Hall–Kier alpha value is -1.91. The minimum absolute atomic E-state index is 0.689. The van der Waals surface area contributed by atoms with E-state index in [0.717, 1.165) is 22.8 Å². The SMILES string of the molecule is C=NC1=C(NC)CNc2ncncc21. The van der Waals surface area contributed by atoms with Crippen molar-refractivity contribution in [3.05, 3.63) is 23.8 Å². The van der Waals surface area contributed by atoms with Gasteiger partial charge in [0, 0.05) is 13.2 Å². The van der Waals surface area contributed by atoms with E-state index in [1.165, 1.54) is 6.33 Å². The Morgan fingerprint density at radius 2 is 2.50 bits per heavy atom. The first kappa shape index (κ1) is 8.68. The summed E-state index contributed by atoms with van der Waals surface area (Å²) in [7, 11) is 1.86. The van der Waals surface area contributed by atoms with E-state index in [1.807, 2.05) is 7.05 Å². The Kier molecular flexibility index (Phi) is 2.14. The van der Waals surface area contributed by atoms with Crippen LogP contribution in [0.3, 0.4) is 0 Å². The molecule has 0 aliphatic carbocycles. The maximum Gasteiger partial charge on any atom is 0.139 e. The molecule has 0 radical (unpaired) electrons. The maximum atomic E-state index is 4.11. The minimum Gasteiger partial charge on any atom is -0.388 e. The summed E-state index contributed by atoms with van der Waals surface area (Å²) in [5.74, 6) is 0.807. The van der Waals surface area contributed by atoms with Gasteiger partial charge in [-0.1, -0.05) is 0 Å². The van der Waals surface area contributed by atoms with Gasteiger partial charge in [0.1, 0.15) is 12.1 Å². The zero-order valence-electron chi connectivity index (χ0n) is 7.91. The second kappa shape index (κ2) is 3.45. The molecule has 1 aliphatic heterocycles. The fourth-order valence-electron chi connectivity index (χ4n) is 1.45. The lowest BCUT2D eigenvalue weighted by Gasteiger charge is -2.20. The number of hydrogen-bond acceptors (Lipinski definition) is 5. The van der Waals surface area contributed by atoms with Gasteiger partial charge in [-0.25, -0.2) is 9.97 Å². The third-order valence-corrected chi connectivity index (χ3v) is 2.15. The summed E-state index contributed by atoms with van der Waals surface area (Å²) in [6.07, 6.45) is 3.24. The van der Waals surface area contributed by atoms with E-state index in [9.17, 15) is 0 Å². The number of likely N-dealkylation sites (N-methyl/N-ethyl adjacent to an activating group) is 1. The zero-order chi connectivity index (χ0) is 9.97. The number of nitrogens with zero attached hydrogens (tertiary/aromatic N) is 3. The van der Waals surface area contributed by atoms with E-state index >= 15 is 0 Å². The van der Waals surface area contributed by atoms with Crippen LogP contribution in [-0.4, -0.2) is 30.3 Å². The summed E-state index contributed by atoms with van der Waals surface area (Å²) in [5, 5.41) is 6.24. The average molecular weight is 189 g/mol. The molecular weight excluding hydrogens is 178 g/mol. The van der Waals surface area contributed by atoms with Gasteiger partial charge < -0.3 is 10.6 Å². The summed E-state index contributed by atoms with van der Waals surface area (Å²) in [6, 6.07) is 0. The van der Waals surface area contributed by atoms with Gasteiger partial charge in [0.2, 0.25) is 0 Å². The number of fused-ring (bicyclic) bond motifs is 1. The first-order chi connectivity index (χ1) is 6.86. The third kappa shape index (κ3) is 1.22. The molecule has 0 bridgehead atoms.